The van der Waals surface area contributed by atoms with E-state index in [0.29, 0.717) is 48.3 Å². The Morgan fingerprint density at radius 1 is 0.865 bits per heavy atom. The standard InChI is InChI=1S/C29H33ClN2O5/c1-34-24-9-5-7-22(17-24)28(37-20-21-6-4-8-23(30)16-21)19-31-12-14-32(15-13-31)29(33)26-11-10-25(35-2)18-27(26)36-3/h4-11,16-18,28H,12-15,19-20H2,1-3H3. The maximum Gasteiger partial charge on any atom is 0.257 e. The zero-order valence-corrected chi connectivity index (χ0v) is 22.2. The van der Waals surface area contributed by atoms with E-state index in [1.807, 2.05) is 47.4 Å². The molecule has 7 nitrogen and oxygen atoms in total. The Labute approximate surface area is 223 Å². The number of carbonyl (C=O) groups excluding carboxylic acids is 1. The van der Waals surface area contributed by atoms with Crippen LogP contribution in [-0.2, 0) is 11.3 Å². The highest BCUT2D eigenvalue weighted by Crippen LogP contribution is 2.28. The lowest BCUT2D eigenvalue weighted by Crippen LogP contribution is -2.49. The summed E-state index contributed by atoms with van der Waals surface area (Å²) in [6, 6.07) is 20.9. The number of nitrogens with zero attached hydrogens (tertiary/aromatic N) is 2. The van der Waals surface area contributed by atoms with Crippen molar-refractivity contribution in [2.75, 3.05) is 54.1 Å². The Morgan fingerprint density at radius 2 is 1.59 bits per heavy atom. The van der Waals surface area contributed by atoms with Crippen LogP contribution in [0.25, 0.3) is 0 Å². The molecule has 0 N–H and O–H groups in total. The first-order chi connectivity index (χ1) is 18.0. The lowest BCUT2D eigenvalue weighted by atomic mass is 10.1. The summed E-state index contributed by atoms with van der Waals surface area (Å²) in [5.74, 6) is 1.91. The SMILES string of the molecule is COc1cccc(C(CN2CCN(C(=O)c3ccc(OC)cc3OC)CC2)OCc2cccc(Cl)c2)c1. The predicted octanol–water partition coefficient (Wildman–Crippen LogP) is 5.08. The summed E-state index contributed by atoms with van der Waals surface area (Å²) in [5.41, 5.74) is 2.60. The van der Waals surface area contributed by atoms with Crippen LogP contribution in [0.3, 0.4) is 0 Å². The van der Waals surface area contributed by atoms with Crippen LogP contribution in [0.1, 0.15) is 27.6 Å². The molecule has 0 aliphatic carbocycles. The van der Waals surface area contributed by atoms with E-state index < -0.39 is 0 Å². The van der Waals surface area contributed by atoms with Crippen molar-refractivity contribution < 1.29 is 23.7 Å². The van der Waals surface area contributed by atoms with Crippen molar-refractivity contribution in [3.63, 3.8) is 0 Å². The molecule has 1 heterocycles. The fourth-order valence-electron chi connectivity index (χ4n) is 4.43. The van der Waals surface area contributed by atoms with Gasteiger partial charge in [0.2, 0.25) is 0 Å². The van der Waals surface area contributed by atoms with Crippen molar-refractivity contribution in [2.24, 2.45) is 0 Å². The number of hydrogen-bond donors (Lipinski definition) is 0. The van der Waals surface area contributed by atoms with Crippen molar-refractivity contribution in [3.8, 4) is 17.2 Å². The Morgan fingerprint density at radius 3 is 2.30 bits per heavy atom. The summed E-state index contributed by atoms with van der Waals surface area (Å²) in [4.78, 5) is 17.4. The second kappa shape index (κ2) is 12.8. The van der Waals surface area contributed by atoms with Gasteiger partial charge in [0.25, 0.3) is 5.91 Å². The van der Waals surface area contributed by atoms with Crippen molar-refractivity contribution >= 4 is 17.5 Å². The van der Waals surface area contributed by atoms with Gasteiger partial charge in [-0.15, -0.1) is 0 Å². The molecule has 0 bridgehead atoms. The third kappa shape index (κ3) is 6.95. The number of piperazine rings is 1. The van der Waals surface area contributed by atoms with Gasteiger partial charge in [0.05, 0.1) is 39.6 Å². The topological polar surface area (TPSA) is 60.5 Å². The highest BCUT2D eigenvalue weighted by atomic mass is 35.5. The van der Waals surface area contributed by atoms with Crippen LogP contribution in [0.5, 0.6) is 17.2 Å². The van der Waals surface area contributed by atoms with Gasteiger partial charge >= 0.3 is 0 Å². The molecular formula is C29H33ClN2O5. The van der Waals surface area contributed by atoms with E-state index >= 15 is 0 Å². The minimum absolute atomic E-state index is 0.0410. The Bertz CT molecular complexity index is 1200. The molecule has 0 aromatic heterocycles. The fraction of sp³-hybridized carbons (Fsp3) is 0.345. The van der Waals surface area contributed by atoms with Gasteiger partial charge in [-0.25, -0.2) is 0 Å². The van der Waals surface area contributed by atoms with Crippen molar-refractivity contribution in [2.45, 2.75) is 12.7 Å². The first-order valence-corrected chi connectivity index (χ1v) is 12.6. The van der Waals surface area contributed by atoms with Gasteiger partial charge < -0.3 is 23.8 Å². The number of benzene rings is 3. The number of methoxy groups -OCH3 is 3. The van der Waals surface area contributed by atoms with Gasteiger partial charge in [0.1, 0.15) is 17.2 Å². The molecule has 3 aromatic rings. The van der Waals surface area contributed by atoms with E-state index in [1.54, 1.807) is 39.5 Å². The van der Waals surface area contributed by atoms with Gasteiger partial charge in [0.15, 0.2) is 0 Å². The molecule has 4 rings (SSSR count). The van der Waals surface area contributed by atoms with E-state index in [1.165, 1.54) is 0 Å². The van der Waals surface area contributed by atoms with Gasteiger partial charge in [0, 0.05) is 43.8 Å². The van der Waals surface area contributed by atoms with E-state index in [0.717, 1.165) is 30.0 Å². The van der Waals surface area contributed by atoms with Crippen LogP contribution in [0.4, 0.5) is 0 Å². The van der Waals surface area contributed by atoms with Crippen LogP contribution in [-0.4, -0.2) is 69.8 Å². The van der Waals surface area contributed by atoms with Crippen LogP contribution >= 0.6 is 11.6 Å². The van der Waals surface area contributed by atoms with Gasteiger partial charge in [-0.1, -0.05) is 35.9 Å². The molecule has 0 spiro atoms. The van der Waals surface area contributed by atoms with Crippen LogP contribution in [0.2, 0.25) is 5.02 Å². The molecule has 0 radical (unpaired) electrons. The lowest BCUT2D eigenvalue weighted by Gasteiger charge is -2.36. The van der Waals surface area contributed by atoms with Crippen LogP contribution < -0.4 is 14.2 Å². The Hall–Kier alpha value is -3.26. The summed E-state index contributed by atoms with van der Waals surface area (Å²) < 4.78 is 22.5. The fourth-order valence-corrected chi connectivity index (χ4v) is 4.65. The monoisotopic (exact) mass is 524 g/mol. The molecule has 1 fully saturated rings. The summed E-state index contributed by atoms with van der Waals surface area (Å²) in [7, 11) is 4.81. The molecular weight excluding hydrogens is 492 g/mol. The van der Waals surface area contributed by atoms with Crippen LogP contribution in [0.15, 0.2) is 66.7 Å². The average molecular weight is 525 g/mol. The second-order valence-electron chi connectivity index (χ2n) is 8.87. The molecule has 196 valence electrons. The molecule has 1 saturated heterocycles. The third-order valence-electron chi connectivity index (χ3n) is 6.53. The normalized spacial score (nSPS) is 14.8. The first kappa shape index (κ1) is 26.8. The summed E-state index contributed by atoms with van der Waals surface area (Å²) in [6.07, 6.45) is -0.169. The second-order valence-corrected chi connectivity index (χ2v) is 9.30. The van der Waals surface area contributed by atoms with Gasteiger partial charge in [-0.2, -0.15) is 0 Å². The molecule has 1 aliphatic heterocycles. The first-order valence-electron chi connectivity index (χ1n) is 12.2. The quantitative estimate of drug-likeness (QED) is 0.368. The minimum atomic E-state index is -0.169. The zero-order chi connectivity index (χ0) is 26.2. The van der Waals surface area contributed by atoms with Gasteiger partial charge in [-0.3, -0.25) is 9.69 Å². The summed E-state index contributed by atoms with van der Waals surface area (Å²) >= 11 is 6.16. The molecule has 1 unspecified atom stereocenters. The molecule has 37 heavy (non-hydrogen) atoms. The maximum absolute atomic E-state index is 13.2. The van der Waals surface area contributed by atoms with Crippen LogP contribution in [0, 0.1) is 0 Å². The van der Waals surface area contributed by atoms with Crippen molar-refractivity contribution in [1.82, 2.24) is 9.80 Å². The number of amides is 1. The predicted molar refractivity (Wildman–Crippen MR) is 144 cm³/mol. The number of halogens is 1. The molecule has 8 heteroatoms. The highest BCUT2D eigenvalue weighted by Gasteiger charge is 2.26. The maximum atomic E-state index is 13.2. The van der Waals surface area contributed by atoms with E-state index in [-0.39, 0.29) is 12.0 Å². The number of rotatable bonds is 10. The minimum Gasteiger partial charge on any atom is -0.497 e. The largest absolute Gasteiger partial charge is 0.497 e. The summed E-state index contributed by atoms with van der Waals surface area (Å²) in [5, 5.41) is 0.688. The third-order valence-corrected chi connectivity index (χ3v) is 6.76. The molecule has 1 atom stereocenters. The van der Waals surface area contributed by atoms with Crippen molar-refractivity contribution in [1.29, 1.82) is 0 Å². The Kier molecular flexibility index (Phi) is 9.28. The summed E-state index contributed by atoms with van der Waals surface area (Å²) in [6.45, 7) is 3.86. The number of carbonyl (C=O) groups is 1. The number of hydrogen-bond acceptors (Lipinski definition) is 6. The van der Waals surface area contributed by atoms with Gasteiger partial charge in [-0.05, 0) is 47.5 Å². The molecule has 0 saturated carbocycles. The molecule has 1 aliphatic rings. The highest BCUT2D eigenvalue weighted by molar-refractivity contribution is 6.30. The van der Waals surface area contributed by atoms with E-state index in [4.69, 9.17) is 30.5 Å². The number of ether oxygens (including phenoxy) is 4. The molecule has 1 amide bonds. The zero-order valence-electron chi connectivity index (χ0n) is 21.5. The lowest BCUT2D eigenvalue weighted by molar-refractivity contribution is 0.00331. The van der Waals surface area contributed by atoms with Crippen molar-refractivity contribution in [3.05, 3.63) is 88.4 Å². The van der Waals surface area contributed by atoms with E-state index in [2.05, 4.69) is 11.0 Å². The Balaban J connectivity index is 1.42. The smallest absolute Gasteiger partial charge is 0.257 e. The van der Waals surface area contributed by atoms with E-state index in [9.17, 15) is 4.79 Å². The molecule has 3 aromatic carbocycles. The average Bonchev–Trinajstić information content (AvgIpc) is 2.94.